The van der Waals surface area contributed by atoms with Crippen molar-refractivity contribution in [2.45, 2.75) is 35.6 Å². The molecule has 6 nitrogen and oxygen atoms in total. The van der Waals surface area contributed by atoms with E-state index in [2.05, 4.69) is 20.5 Å². The summed E-state index contributed by atoms with van der Waals surface area (Å²) in [5.41, 5.74) is 2.04. The summed E-state index contributed by atoms with van der Waals surface area (Å²) in [6.07, 6.45) is 6.07. The number of benzene rings is 1. The summed E-state index contributed by atoms with van der Waals surface area (Å²) >= 11 is 9.37. The van der Waals surface area contributed by atoms with E-state index in [1.54, 1.807) is 35.5 Å². The van der Waals surface area contributed by atoms with E-state index in [1.807, 2.05) is 30.3 Å². The Morgan fingerprint density at radius 1 is 1.31 bits per heavy atom. The van der Waals surface area contributed by atoms with Gasteiger partial charge in [-0.25, -0.2) is 0 Å². The van der Waals surface area contributed by atoms with Gasteiger partial charge in [0.2, 0.25) is 5.13 Å². The Bertz CT molecular complexity index is 920. The second kappa shape index (κ2) is 10.2. The zero-order valence-electron chi connectivity index (χ0n) is 15.7. The Labute approximate surface area is 183 Å². The SMILES string of the molecule is Clc1ccc(OCc2cccnc2)c(CSc2nnc(NCC3CCCO3)s2)c1. The largest absolute Gasteiger partial charge is 0.489 e. The molecule has 29 heavy (non-hydrogen) atoms. The van der Waals surface area contributed by atoms with Crippen LogP contribution in [0.1, 0.15) is 24.0 Å². The number of nitrogens with zero attached hydrogens (tertiary/aromatic N) is 3. The van der Waals surface area contributed by atoms with Gasteiger partial charge >= 0.3 is 0 Å². The van der Waals surface area contributed by atoms with Crippen molar-refractivity contribution in [1.82, 2.24) is 15.2 Å². The number of anilines is 1. The summed E-state index contributed by atoms with van der Waals surface area (Å²) in [7, 11) is 0. The van der Waals surface area contributed by atoms with Crippen molar-refractivity contribution < 1.29 is 9.47 Å². The summed E-state index contributed by atoms with van der Waals surface area (Å²) in [6, 6.07) is 9.57. The molecule has 9 heteroatoms. The standard InChI is InChI=1S/C20H21ClN4O2S2/c21-16-5-6-18(27-12-14-3-1-7-22-10-14)15(9-16)13-28-20-25-24-19(29-20)23-11-17-4-2-8-26-17/h1,3,5-7,9-10,17H,2,4,8,11-13H2,(H,23,24). The van der Waals surface area contributed by atoms with Crippen molar-refractivity contribution in [3.63, 3.8) is 0 Å². The van der Waals surface area contributed by atoms with Gasteiger partial charge in [0.1, 0.15) is 12.4 Å². The molecular weight excluding hydrogens is 428 g/mol. The molecule has 0 bridgehead atoms. The molecule has 152 valence electrons. The molecule has 2 aromatic heterocycles. The molecule has 4 rings (SSSR count). The minimum atomic E-state index is 0.279. The number of aromatic nitrogens is 3. The fourth-order valence-corrected chi connectivity index (χ4v) is 4.86. The third kappa shape index (κ3) is 6.05. The van der Waals surface area contributed by atoms with E-state index in [0.29, 0.717) is 17.4 Å². The highest BCUT2D eigenvalue weighted by atomic mass is 35.5. The minimum Gasteiger partial charge on any atom is -0.489 e. The van der Waals surface area contributed by atoms with Crippen LogP contribution in [0.5, 0.6) is 5.75 Å². The molecule has 1 N–H and O–H groups in total. The van der Waals surface area contributed by atoms with Crippen LogP contribution in [0.25, 0.3) is 0 Å². The maximum atomic E-state index is 6.20. The van der Waals surface area contributed by atoms with Gasteiger partial charge in [0.25, 0.3) is 0 Å². The number of hydrogen-bond donors (Lipinski definition) is 1. The fraction of sp³-hybridized carbons (Fsp3) is 0.350. The summed E-state index contributed by atoms with van der Waals surface area (Å²) in [5, 5.41) is 13.3. The molecule has 1 saturated heterocycles. The van der Waals surface area contributed by atoms with Gasteiger partial charge in [-0.05, 0) is 37.1 Å². The second-order valence-corrected chi connectivity index (χ2v) is 9.22. The van der Waals surface area contributed by atoms with Gasteiger partial charge in [-0.15, -0.1) is 10.2 Å². The van der Waals surface area contributed by atoms with Gasteiger partial charge in [0.05, 0.1) is 6.10 Å². The number of hydrogen-bond acceptors (Lipinski definition) is 8. The Hall–Kier alpha value is -1.87. The van der Waals surface area contributed by atoms with Crippen LogP contribution >= 0.6 is 34.7 Å². The number of halogens is 1. The van der Waals surface area contributed by atoms with Crippen molar-refractivity contribution in [2.75, 3.05) is 18.5 Å². The summed E-state index contributed by atoms with van der Waals surface area (Å²) < 4.78 is 12.5. The highest BCUT2D eigenvalue weighted by Gasteiger charge is 2.16. The van der Waals surface area contributed by atoms with E-state index in [9.17, 15) is 0 Å². The lowest BCUT2D eigenvalue weighted by atomic mass is 10.2. The molecule has 1 fully saturated rings. The zero-order valence-corrected chi connectivity index (χ0v) is 18.1. The van der Waals surface area contributed by atoms with Crippen LogP contribution in [0.2, 0.25) is 5.02 Å². The minimum absolute atomic E-state index is 0.279. The predicted molar refractivity (Wildman–Crippen MR) is 117 cm³/mol. The van der Waals surface area contributed by atoms with E-state index in [-0.39, 0.29) is 6.10 Å². The first-order chi connectivity index (χ1) is 14.3. The van der Waals surface area contributed by atoms with Crippen LogP contribution in [0.4, 0.5) is 5.13 Å². The highest BCUT2D eigenvalue weighted by Crippen LogP contribution is 2.33. The molecule has 1 atom stereocenters. The lowest BCUT2D eigenvalue weighted by molar-refractivity contribution is 0.120. The van der Waals surface area contributed by atoms with Gasteiger partial charge in [0, 0.05) is 47.4 Å². The average Bonchev–Trinajstić information content (AvgIpc) is 3.43. The highest BCUT2D eigenvalue weighted by molar-refractivity contribution is 8.00. The molecule has 3 heterocycles. The third-order valence-corrected chi connectivity index (χ3v) is 6.70. The molecule has 0 saturated carbocycles. The van der Waals surface area contributed by atoms with E-state index < -0.39 is 0 Å². The Morgan fingerprint density at radius 3 is 3.10 bits per heavy atom. The number of rotatable bonds is 9. The van der Waals surface area contributed by atoms with Gasteiger partial charge in [0.15, 0.2) is 4.34 Å². The van der Waals surface area contributed by atoms with Gasteiger partial charge in [-0.1, -0.05) is 40.8 Å². The second-order valence-electron chi connectivity index (χ2n) is 6.58. The predicted octanol–water partition coefficient (Wildman–Crippen LogP) is 5.05. The van der Waals surface area contributed by atoms with E-state index in [0.717, 1.165) is 52.3 Å². The number of nitrogens with one attached hydrogen (secondary N) is 1. The van der Waals surface area contributed by atoms with Gasteiger partial charge in [-0.2, -0.15) is 0 Å². The Morgan fingerprint density at radius 2 is 2.28 bits per heavy atom. The maximum Gasteiger partial charge on any atom is 0.206 e. The fourth-order valence-electron chi connectivity index (χ4n) is 2.93. The van der Waals surface area contributed by atoms with Crippen LogP contribution in [0.15, 0.2) is 47.1 Å². The van der Waals surface area contributed by atoms with E-state index in [4.69, 9.17) is 21.1 Å². The Balaban J connectivity index is 1.33. The van der Waals surface area contributed by atoms with Crippen LogP contribution in [-0.2, 0) is 17.1 Å². The molecule has 1 aliphatic heterocycles. The molecule has 3 aromatic rings. The topological polar surface area (TPSA) is 69.2 Å². The molecule has 0 spiro atoms. The normalized spacial score (nSPS) is 16.1. The van der Waals surface area contributed by atoms with Gasteiger partial charge in [-0.3, -0.25) is 4.98 Å². The van der Waals surface area contributed by atoms with E-state index >= 15 is 0 Å². The average molecular weight is 449 g/mol. The van der Waals surface area contributed by atoms with Crippen molar-refractivity contribution in [3.8, 4) is 5.75 Å². The first-order valence-electron chi connectivity index (χ1n) is 9.38. The van der Waals surface area contributed by atoms with Crippen molar-refractivity contribution in [2.24, 2.45) is 0 Å². The Kier molecular flexibility index (Phi) is 7.21. The number of ether oxygens (including phenoxy) is 2. The lowest BCUT2D eigenvalue weighted by Crippen LogP contribution is -2.18. The monoisotopic (exact) mass is 448 g/mol. The molecular formula is C20H21ClN4O2S2. The molecule has 0 aliphatic carbocycles. The zero-order chi connectivity index (χ0) is 19.9. The lowest BCUT2D eigenvalue weighted by Gasteiger charge is -2.11. The van der Waals surface area contributed by atoms with Crippen molar-refractivity contribution in [1.29, 1.82) is 0 Å². The van der Waals surface area contributed by atoms with Crippen molar-refractivity contribution >= 4 is 39.8 Å². The van der Waals surface area contributed by atoms with Crippen LogP contribution in [-0.4, -0.2) is 34.4 Å². The first-order valence-corrected chi connectivity index (χ1v) is 11.6. The number of thioether (sulfide) groups is 1. The third-order valence-electron chi connectivity index (χ3n) is 4.40. The molecule has 0 amide bonds. The summed E-state index contributed by atoms with van der Waals surface area (Å²) in [4.78, 5) is 4.12. The smallest absolute Gasteiger partial charge is 0.206 e. The van der Waals surface area contributed by atoms with Crippen molar-refractivity contribution in [3.05, 3.63) is 58.9 Å². The molecule has 1 unspecified atom stereocenters. The van der Waals surface area contributed by atoms with Crippen LogP contribution in [0.3, 0.4) is 0 Å². The molecule has 1 aromatic carbocycles. The summed E-state index contributed by atoms with van der Waals surface area (Å²) in [6.45, 7) is 2.09. The van der Waals surface area contributed by atoms with E-state index in [1.165, 1.54) is 0 Å². The maximum absolute atomic E-state index is 6.20. The van der Waals surface area contributed by atoms with Gasteiger partial charge < -0.3 is 14.8 Å². The van der Waals surface area contributed by atoms with Crippen LogP contribution in [0, 0.1) is 0 Å². The number of pyridine rings is 1. The first kappa shape index (κ1) is 20.4. The molecule has 0 radical (unpaired) electrons. The summed E-state index contributed by atoms with van der Waals surface area (Å²) in [5.74, 6) is 1.51. The quantitative estimate of drug-likeness (QED) is 0.459. The van der Waals surface area contributed by atoms with Crippen LogP contribution < -0.4 is 10.1 Å². The molecule has 1 aliphatic rings.